The van der Waals surface area contributed by atoms with Crippen LogP contribution < -0.4 is 18.9 Å². The van der Waals surface area contributed by atoms with Gasteiger partial charge in [-0.25, -0.2) is 52.7 Å². The van der Waals surface area contributed by atoms with Crippen molar-refractivity contribution in [3.63, 3.8) is 0 Å². The van der Waals surface area contributed by atoms with E-state index in [0.29, 0.717) is 124 Å². The molecule has 8 nitrogen and oxygen atoms in total. The maximum Gasteiger partial charge on any atom is 0.400 e. The van der Waals surface area contributed by atoms with E-state index in [-0.39, 0.29) is 99.5 Å². The Labute approximate surface area is 656 Å². The Hall–Kier alpha value is -5.48. The lowest BCUT2D eigenvalue weighted by molar-refractivity contribution is -0.226. The first-order valence-corrected chi connectivity index (χ1v) is 41.5. The minimum absolute atomic E-state index is 0.128. The Kier molecular flexibility index (Phi) is 34.8. The Morgan fingerprint density at radius 3 is 0.684 bits per heavy atom. The van der Waals surface area contributed by atoms with Gasteiger partial charge in [-0.15, -0.1) is 0 Å². The van der Waals surface area contributed by atoms with E-state index in [4.69, 9.17) is 18.9 Å². The zero-order chi connectivity index (χ0) is 82.7. The number of unbranched alkanes of at least 4 members (excludes halogenated alkanes) is 3. The SMILES string of the molecule is CCC1CCC(C2CCC(C(F)(F)Oc3cc(F)c(F)c(F)c3)CC2)OC1.CCCC1CCC(C2CCC(C(F)(F)Oc3cc(F)c(F)c(F)c3)CC2)OC1.CCCCC1CCC(C2CCC(C(F)(F)Oc3cc(F)c(F)c(F)c3)CC2)OC1.CCCCCC1CCC(C2CCC(C(F)(F)Oc3cc(F)c(F)c(F)c3)CC2)OC1. The molecule has 0 aromatic heterocycles. The van der Waals surface area contributed by atoms with Crippen LogP contribution in [0.2, 0.25) is 0 Å². The molecule has 644 valence electrons. The van der Waals surface area contributed by atoms with Crippen LogP contribution in [0.3, 0.4) is 0 Å². The van der Waals surface area contributed by atoms with Crippen LogP contribution in [0.4, 0.5) is 87.8 Å². The smallest absolute Gasteiger partial charge is 0.400 e. The summed E-state index contributed by atoms with van der Waals surface area (Å²) in [5.74, 6) is -22.8. The summed E-state index contributed by atoms with van der Waals surface area (Å²) < 4.78 is 316. The van der Waals surface area contributed by atoms with Gasteiger partial charge in [0.2, 0.25) is 0 Å². The molecule has 4 saturated carbocycles. The van der Waals surface area contributed by atoms with Crippen molar-refractivity contribution in [2.45, 2.75) is 295 Å². The van der Waals surface area contributed by atoms with Crippen molar-refractivity contribution >= 4 is 0 Å². The van der Waals surface area contributed by atoms with Crippen molar-refractivity contribution < 1.29 is 126 Å². The van der Waals surface area contributed by atoms with Gasteiger partial charge in [0, 0.05) is 75.0 Å². The summed E-state index contributed by atoms with van der Waals surface area (Å²) in [6, 6.07) is 3.57. The first-order chi connectivity index (χ1) is 54.2. The molecular weight excluding hydrogens is 1540 g/mol. The van der Waals surface area contributed by atoms with E-state index in [1.54, 1.807) is 0 Å². The van der Waals surface area contributed by atoms with Crippen LogP contribution in [0, 0.1) is 141 Å². The second-order valence-corrected chi connectivity index (χ2v) is 33.0. The van der Waals surface area contributed by atoms with Crippen LogP contribution >= 0.6 is 0 Å². The molecule has 114 heavy (non-hydrogen) atoms. The average molecular weight is 1650 g/mol. The number of alkyl halides is 8. The van der Waals surface area contributed by atoms with E-state index in [1.165, 1.54) is 44.9 Å². The van der Waals surface area contributed by atoms with E-state index in [1.807, 2.05) is 0 Å². The van der Waals surface area contributed by atoms with Gasteiger partial charge in [0.25, 0.3) is 0 Å². The first kappa shape index (κ1) is 92.4. The summed E-state index contributed by atoms with van der Waals surface area (Å²) in [7, 11) is 0. The van der Waals surface area contributed by atoms with E-state index < -0.39 is 141 Å². The van der Waals surface area contributed by atoms with Crippen LogP contribution in [0.5, 0.6) is 23.0 Å². The van der Waals surface area contributed by atoms with Gasteiger partial charge in [-0.2, -0.15) is 35.1 Å². The molecule has 0 spiro atoms. The van der Waals surface area contributed by atoms with Gasteiger partial charge in [0.1, 0.15) is 23.0 Å². The van der Waals surface area contributed by atoms with Crippen LogP contribution in [-0.4, -0.2) is 75.3 Å². The summed E-state index contributed by atoms with van der Waals surface area (Å²) >= 11 is 0. The highest BCUT2D eigenvalue weighted by Gasteiger charge is 2.50. The van der Waals surface area contributed by atoms with Gasteiger partial charge in [-0.3, -0.25) is 0 Å². The summed E-state index contributed by atoms with van der Waals surface area (Å²) in [5, 5.41) is 0. The van der Waals surface area contributed by atoms with Gasteiger partial charge in [0.15, 0.2) is 69.8 Å². The molecule has 4 aliphatic carbocycles. The van der Waals surface area contributed by atoms with Gasteiger partial charge in [-0.1, -0.05) is 72.6 Å². The fourth-order valence-electron chi connectivity index (χ4n) is 18.0. The minimum Gasteiger partial charge on any atom is -0.432 e. The normalized spacial score (nSPS) is 28.6. The monoisotopic (exact) mass is 1650 g/mol. The van der Waals surface area contributed by atoms with Gasteiger partial charge in [0.05, 0.1) is 48.1 Å². The molecule has 0 bridgehead atoms. The van der Waals surface area contributed by atoms with Gasteiger partial charge < -0.3 is 37.9 Å². The largest absolute Gasteiger partial charge is 0.432 e. The maximum absolute atomic E-state index is 14.5. The quantitative estimate of drug-likeness (QED) is 0.0350. The molecule has 28 heteroatoms. The predicted octanol–water partition coefficient (Wildman–Crippen LogP) is 26.7. The van der Waals surface area contributed by atoms with E-state index in [9.17, 15) is 87.8 Å². The third kappa shape index (κ3) is 26.3. The van der Waals surface area contributed by atoms with E-state index >= 15 is 0 Å². The highest BCUT2D eigenvalue weighted by Crippen LogP contribution is 2.49. The highest BCUT2D eigenvalue weighted by molar-refractivity contribution is 5.28. The van der Waals surface area contributed by atoms with Crippen molar-refractivity contribution in [3.05, 3.63) is 118 Å². The second kappa shape index (κ2) is 43.0. The van der Waals surface area contributed by atoms with Crippen molar-refractivity contribution in [1.82, 2.24) is 0 Å². The lowest BCUT2D eigenvalue weighted by Gasteiger charge is -2.39. The fourth-order valence-corrected chi connectivity index (χ4v) is 18.0. The summed E-state index contributed by atoms with van der Waals surface area (Å²) in [6.45, 7) is 11.7. The fraction of sp³-hybridized carbons (Fsp3) is 0.721. The average Bonchev–Trinajstić information content (AvgIpc) is 0.818. The molecule has 8 fully saturated rings. The lowest BCUT2D eigenvalue weighted by Crippen LogP contribution is -2.40. The van der Waals surface area contributed by atoms with Crippen LogP contribution in [0.15, 0.2) is 48.5 Å². The zero-order valence-electron chi connectivity index (χ0n) is 65.6. The third-order valence-electron chi connectivity index (χ3n) is 25.0. The molecule has 4 aromatic carbocycles. The summed E-state index contributed by atoms with van der Waals surface area (Å²) in [4.78, 5) is 0. The Balaban J connectivity index is 0.000000174. The molecule has 0 radical (unpaired) electrons. The molecule has 12 rings (SSSR count). The Bertz CT molecular complexity index is 3450. The highest BCUT2D eigenvalue weighted by atomic mass is 19.3. The van der Waals surface area contributed by atoms with Gasteiger partial charge in [-0.05, 0) is 221 Å². The molecule has 4 aromatic rings. The first-order valence-electron chi connectivity index (χ1n) is 41.5. The van der Waals surface area contributed by atoms with Crippen LogP contribution in [-0.2, 0) is 18.9 Å². The van der Waals surface area contributed by atoms with Crippen molar-refractivity contribution in [3.8, 4) is 23.0 Å². The Morgan fingerprint density at radius 1 is 0.263 bits per heavy atom. The molecule has 8 atom stereocenters. The molecule has 4 aliphatic heterocycles. The topological polar surface area (TPSA) is 73.8 Å². The molecule has 0 amide bonds. The molecular formula is C86H112F20O8. The number of hydrogen-bond acceptors (Lipinski definition) is 8. The standard InChI is InChI=1S/C23H31F5O2.C22H29F5O2.C21H27F5O2.C20H25F5O2/c1-2-3-4-5-15-6-11-21(29-14-15)16-7-9-17(10-8-16)23(27,28)30-18-12-19(24)22(26)20(25)13-18;1-2-3-4-14-5-10-20(28-13-14)15-6-8-16(9-7-15)22(26,27)29-17-11-18(23)21(25)19(24)12-17;1-2-3-13-4-9-19(27-12-13)14-5-7-15(8-6-14)21(25,26)28-16-10-17(22)20(24)18(23)11-16;1-2-12-3-8-18(26-11-12)13-4-6-14(7-5-13)20(24,25)27-15-9-16(21)19(23)17(22)10-15/h12-13,15-17,21H,2-11,14H2,1H3;11-12,14-16,20H,2-10,13H2,1H3;10-11,13-15,19H,2-9,12H2,1H3;9-10,12-14,18H,2-8,11H2,1H3. The number of ether oxygens (including phenoxy) is 8. The van der Waals surface area contributed by atoms with Crippen LogP contribution in [0.1, 0.15) is 246 Å². The van der Waals surface area contributed by atoms with Crippen LogP contribution in [0.25, 0.3) is 0 Å². The second-order valence-electron chi connectivity index (χ2n) is 33.0. The predicted molar refractivity (Wildman–Crippen MR) is 388 cm³/mol. The van der Waals surface area contributed by atoms with E-state index in [0.717, 1.165) is 97.1 Å². The third-order valence-corrected chi connectivity index (χ3v) is 25.0. The van der Waals surface area contributed by atoms with Crippen molar-refractivity contribution in [2.24, 2.45) is 71.0 Å². The Morgan fingerprint density at radius 2 is 0.482 bits per heavy atom. The molecule has 8 unspecified atom stereocenters. The maximum atomic E-state index is 14.5. The lowest BCUT2D eigenvalue weighted by atomic mass is 9.76. The van der Waals surface area contributed by atoms with E-state index in [2.05, 4.69) is 46.6 Å². The number of hydrogen-bond donors (Lipinski definition) is 0. The zero-order valence-corrected chi connectivity index (χ0v) is 65.6. The van der Waals surface area contributed by atoms with Crippen molar-refractivity contribution in [2.75, 3.05) is 26.4 Å². The minimum atomic E-state index is -3.57. The molecule has 0 N–H and O–H groups in total. The summed E-state index contributed by atoms with van der Waals surface area (Å²) in [6.07, 6.45) is 13.4. The van der Waals surface area contributed by atoms with Gasteiger partial charge >= 0.3 is 24.4 Å². The molecule has 4 saturated heterocycles. The van der Waals surface area contributed by atoms with Crippen molar-refractivity contribution in [1.29, 1.82) is 0 Å². The number of benzene rings is 4. The summed E-state index contributed by atoms with van der Waals surface area (Å²) in [5.41, 5.74) is 0. The molecule has 8 aliphatic rings. The number of rotatable bonds is 26. The molecule has 4 heterocycles. The number of halogens is 20.